The Morgan fingerprint density at radius 1 is 1.09 bits per heavy atom. The van der Waals surface area contributed by atoms with E-state index in [0.717, 1.165) is 50.2 Å². The van der Waals surface area contributed by atoms with Gasteiger partial charge < -0.3 is 15.0 Å². The average Bonchev–Trinajstić information content (AvgIpc) is 2.85. The molecule has 1 aliphatic heterocycles. The maximum absolute atomic E-state index is 12.5. The zero-order valence-corrected chi connectivity index (χ0v) is 20.4. The van der Waals surface area contributed by atoms with Crippen molar-refractivity contribution in [3.8, 4) is 5.75 Å². The van der Waals surface area contributed by atoms with Crippen molar-refractivity contribution in [2.45, 2.75) is 52.3 Å². The summed E-state index contributed by atoms with van der Waals surface area (Å²) in [6.07, 6.45) is 6.94. The first kappa shape index (κ1) is 24.7. The van der Waals surface area contributed by atoms with Gasteiger partial charge in [0.15, 0.2) is 0 Å². The van der Waals surface area contributed by atoms with Gasteiger partial charge >= 0.3 is 0 Å². The SMILES string of the molecule is Cc1ccc(COc2ccn(CCc3ccc(CN4CCC(CC(N)=O)CC4)cc3)c(=O)c2)nc1. The number of carbonyl (C=O) groups is 1. The van der Waals surface area contributed by atoms with Crippen LogP contribution >= 0.6 is 0 Å². The average molecular weight is 475 g/mol. The molecule has 184 valence electrons. The molecule has 0 unspecified atom stereocenters. The normalized spacial score (nSPS) is 14.7. The number of nitrogens with two attached hydrogens (primary N) is 1. The van der Waals surface area contributed by atoms with Crippen molar-refractivity contribution in [3.05, 3.63) is 93.7 Å². The summed E-state index contributed by atoms with van der Waals surface area (Å²) >= 11 is 0. The summed E-state index contributed by atoms with van der Waals surface area (Å²) in [6.45, 7) is 5.87. The van der Waals surface area contributed by atoms with E-state index in [1.807, 2.05) is 25.1 Å². The molecule has 7 nitrogen and oxygen atoms in total. The molecule has 3 aromatic rings. The Balaban J connectivity index is 1.23. The van der Waals surface area contributed by atoms with E-state index in [9.17, 15) is 9.59 Å². The van der Waals surface area contributed by atoms with Gasteiger partial charge in [0, 0.05) is 38.0 Å². The molecule has 3 heterocycles. The second-order valence-electron chi connectivity index (χ2n) is 9.47. The lowest BCUT2D eigenvalue weighted by atomic mass is 9.93. The van der Waals surface area contributed by atoms with E-state index in [0.29, 0.717) is 31.2 Å². The first-order chi connectivity index (χ1) is 16.9. The van der Waals surface area contributed by atoms with Crippen LogP contribution in [0, 0.1) is 12.8 Å². The topological polar surface area (TPSA) is 90.5 Å². The monoisotopic (exact) mass is 474 g/mol. The van der Waals surface area contributed by atoms with Crippen LogP contribution in [0.4, 0.5) is 0 Å². The highest BCUT2D eigenvalue weighted by atomic mass is 16.5. The number of carbonyl (C=O) groups excluding carboxylic acids is 1. The number of benzene rings is 1. The molecule has 0 bridgehead atoms. The number of pyridine rings is 2. The van der Waals surface area contributed by atoms with E-state index in [2.05, 4.69) is 34.1 Å². The van der Waals surface area contributed by atoms with Crippen molar-refractivity contribution in [3.63, 3.8) is 0 Å². The maximum Gasteiger partial charge on any atom is 0.254 e. The van der Waals surface area contributed by atoms with Crippen LogP contribution in [0.2, 0.25) is 0 Å². The Labute approximate surface area is 206 Å². The summed E-state index contributed by atoms with van der Waals surface area (Å²) < 4.78 is 7.44. The number of ether oxygens (including phenoxy) is 1. The second kappa shape index (κ2) is 11.8. The van der Waals surface area contributed by atoms with Crippen molar-refractivity contribution in [1.82, 2.24) is 14.5 Å². The lowest BCUT2D eigenvalue weighted by Gasteiger charge is -2.31. The first-order valence-corrected chi connectivity index (χ1v) is 12.3. The lowest BCUT2D eigenvalue weighted by molar-refractivity contribution is -0.119. The molecule has 35 heavy (non-hydrogen) atoms. The molecule has 2 N–H and O–H groups in total. The van der Waals surface area contributed by atoms with E-state index in [1.54, 1.807) is 17.0 Å². The highest BCUT2D eigenvalue weighted by Gasteiger charge is 2.20. The summed E-state index contributed by atoms with van der Waals surface area (Å²) in [5, 5.41) is 0. The summed E-state index contributed by atoms with van der Waals surface area (Å²) in [6, 6.07) is 15.9. The number of aromatic nitrogens is 2. The minimum atomic E-state index is -0.193. The maximum atomic E-state index is 12.5. The molecule has 4 rings (SSSR count). The Morgan fingerprint density at radius 2 is 1.83 bits per heavy atom. The van der Waals surface area contributed by atoms with Crippen LogP contribution in [-0.2, 0) is 30.9 Å². The zero-order valence-electron chi connectivity index (χ0n) is 20.4. The molecule has 0 radical (unpaired) electrons. The molecular formula is C28H34N4O3. The molecule has 7 heteroatoms. The van der Waals surface area contributed by atoms with Gasteiger partial charge in [0.05, 0.1) is 5.69 Å². The van der Waals surface area contributed by atoms with E-state index in [1.165, 1.54) is 17.2 Å². The standard InChI is InChI=1S/C28H34N4O3/c1-21-2-7-25(30-18-21)20-35-26-11-15-32(28(34)17-26)14-10-22-3-5-24(6-4-22)19-31-12-8-23(9-13-31)16-27(29)33/h2-7,11,15,17-18,23H,8-10,12-14,16,19-20H2,1H3,(H2,29,33). The van der Waals surface area contributed by atoms with Crippen LogP contribution in [0.15, 0.2) is 65.7 Å². The minimum Gasteiger partial charge on any atom is -0.487 e. The molecule has 2 aromatic heterocycles. The molecule has 1 fully saturated rings. The fourth-order valence-electron chi connectivity index (χ4n) is 4.46. The van der Waals surface area contributed by atoms with Gasteiger partial charge in [0.1, 0.15) is 12.4 Å². The van der Waals surface area contributed by atoms with Gasteiger partial charge in [-0.25, -0.2) is 0 Å². The number of primary amides is 1. The van der Waals surface area contributed by atoms with Crippen LogP contribution in [-0.4, -0.2) is 33.4 Å². The summed E-state index contributed by atoms with van der Waals surface area (Å²) in [5.41, 5.74) is 9.67. The molecule has 1 amide bonds. The summed E-state index contributed by atoms with van der Waals surface area (Å²) in [7, 11) is 0. The highest BCUT2D eigenvalue weighted by Crippen LogP contribution is 2.21. The predicted molar refractivity (Wildman–Crippen MR) is 136 cm³/mol. The first-order valence-electron chi connectivity index (χ1n) is 12.3. The summed E-state index contributed by atoms with van der Waals surface area (Å²) in [5.74, 6) is 0.790. The zero-order chi connectivity index (χ0) is 24.6. The Kier molecular flexibility index (Phi) is 8.32. The number of piperidine rings is 1. The third-order valence-corrected chi connectivity index (χ3v) is 6.59. The minimum absolute atomic E-state index is 0.0734. The number of hydrogen-bond donors (Lipinski definition) is 1. The third-order valence-electron chi connectivity index (χ3n) is 6.59. The van der Waals surface area contributed by atoms with Gasteiger partial charge in [-0.3, -0.25) is 19.5 Å². The highest BCUT2D eigenvalue weighted by molar-refractivity contribution is 5.74. The van der Waals surface area contributed by atoms with Crippen LogP contribution in [0.1, 0.15) is 41.6 Å². The van der Waals surface area contributed by atoms with Gasteiger partial charge in [-0.15, -0.1) is 0 Å². The van der Waals surface area contributed by atoms with Gasteiger partial charge in [0.2, 0.25) is 5.91 Å². The fraction of sp³-hybridized carbons (Fsp3) is 0.393. The predicted octanol–water partition coefficient (Wildman–Crippen LogP) is 3.46. The molecule has 1 aliphatic rings. The van der Waals surface area contributed by atoms with Gasteiger partial charge in [0.25, 0.3) is 5.56 Å². The number of aryl methyl sites for hydroxylation is 3. The molecule has 1 saturated heterocycles. The fourth-order valence-corrected chi connectivity index (χ4v) is 4.46. The van der Waals surface area contributed by atoms with Crippen molar-refractivity contribution >= 4 is 5.91 Å². The lowest BCUT2D eigenvalue weighted by Crippen LogP contribution is -2.34. The summed E-state index contributed by atoms with van der Waals surface area (Å²) in [4.78, 5) is 30.4. The third kappa shape index (κ3) is 7.52. The quantitative estimate of drug-likeness (QED) is 0.486. The van der Waals surface area contributed by atoms with Crippen LogP contribution in [0.25, 0.3) is 0 Å². The number of likely N-dealkylation sites (tertiary alicyclic amines) is 1. The van der Waals surface area contributed by atoms with Gasteiger partial charge in [-0.05, 0) is 74.0 Å². The molecule has 0 spiro atoms. The van der Waals surface area contributed by atoms with Gasteiger partial charge in [-0.2, -0.15) is 0 Å². The number of nitrogens with zero attached hydrogens (tertiary/aromatic N) is 3. The van der Waals surface area contributed by atoms with Crippen LogP contribution < -0.4 is 16.0 Å². The molecule has 1 aromatic carbocycles. The van der Waals surface area contributed by atoms with E-state index < -0.39 is 0 Å². The Morgan fingerprint density at radius 3 is 2.49 bits per heavy atom. The van der Waals surface area contributed by atoms with E-state index in [4.69, 9.17) is 10.5 Å². The molecular weight excluding hydrogens is 440 g/mol. The molecule has 0 saturated carbocycles. The Bertz CT molecular complexity index is 1160. The number of amides is 1. The number of hydrogen-bond acceptors (Lipinski definition) is 5. The van der Waals surface area contributed by atoms with E-state index in [-0.39, 0.29) is 11.5 Å². The van der Waals surface area contributed by atoms with Crippen molar-refractivity contribution < 1.29 is 9.53 Å². The van der Waals surface area contributed by atoms with Crippen LogP contribution in [0.5, 0.6) is 5.75 Å². The smallest absolute Gasteiger partial charge is 0.254 e. The van der Waals surface area contributed by atoms with Crippen molar-refractivity contribution in [2.24, 2.45) is 11.7 Å². The van der Waals surface area contributed by atoms with E-state index >= 15 is 0 Å². The Hall–Kier alpha value is -3.45. The number of rotatable bonds is 10. The molecule has 0 aliphatic carbocycles. The second-order valence-corrected chi connectivity index (χ2v) is 9.47. The van der Waals surface area contributed by atoms with Crippen LogP contribution in [0.3, 0.4) is 0 Å². The molecule has 0 atom stereocenters. The van der Waals surface area contributed by atoms with Crippen molar-refractivity contribution in [2.75, 3.05) is 13.1 Å². The van der Waals surface area contributed by atoms with Crippen molar-refractivity contribution in [1.29, 1.82) is 0 Å². The van der Waals surface area contributed by atoms with Gasteiger partial charge in [-0.1, -0.05) is 30.3 Å². The largest absolute Gasteiger partial charge is 0.487 e.